The molecular formula is C20H29N5O2. The summed E-state index contributed by atoms with van der Waals surface area (Å²) >= 11 is 0. The van der Waals surface area contributed by atoms with Crippen LogP contribution in [-0.4, -0.2) is 37.3 Å². The lowest BCUT2D eigenvalue weighted by atomic mass is 9.92. The maximum Gasteiger partial charge on any atom is 0.270 e. The van der Waals surface area contributed by atoms with Crippen molar-refractivity contribution in [3.63, 3.8) is 0 Å². The van der Waals surface area contributed by atoms with E-state index in [2.05, 4.69) is 35.8 Å². The van der Waals surface area contributed by atoms with Gasteiger partial charge in [-0.2, -0.15) is 5.10 Å². The van der Waals surface area contributed by atoms with E-state index in [-0.39, 0.29) is 16.5 Å². The number of hydrogen-bond acceptors (Lipinski definition) is 5. The van der Waals surface area contributed by atoms with Crippen LogP contribution in [0.25, 0.3) is 0 Å². The fourth-order valence-electron chi connectivity index (χ4n) is 3.49. The third-order valence-electron chi connectivity index (χ3n) is 5.29. The molecule has 3 heterocycles. The second-order valence-corrected chi connectivity index (χ2v) is 8.52. The molecule has 7 nitrogen and oxygen atoms in total. The smallest absolute Gasteiger partial charge is 0.270 e. The lowest BCUT2D eigenvalue weighted by Crippen LogP contribution is -2.38. The van der Waals surface area contributed by atoms with E-state index in [0.29, 0.717) is 19.0 Å². The molecular weight excluding hydrogens is 342 g/mol. The number of likely N-dealkylation sites (tertiary alicyclic amines) is 1. The minimum atomic E-state index is -0.117. The van der Waals surface area contributed by atoms with Gasteiger partial charge in [0.05, 0.1) is 12.0 Å². The van der Waals surface area contributed by atoms with Gasteiger partial charge in [0, 0.05) is 43.4 Å². The van der Waals surface area contributed by atoms with Crippen molar-refractivity contribution in [1.82, 2.24) is 24.2 Å². The number of rotatable bonds is 4. The number of aromatic nitrogens is 4. The van der Waals surface area contributed by atoms with Crippen LogP contribution in [0, 0.1) is 5.92 Å². The van der Waals surface area contributed by atoms with Gasteiger partial charge in [0.15, 0.2) is 0 Å². The van der Waals surface area contributed by atoms with Gasteiger partial charge in [-0.3, -0.25) is 19.1 Å². The molecule has 0 spiro atoms. The Hall–Kier alpha value is -2.28. The molecule has 146 valence electrons. The standard InChI is InChI=1S/C20H29N5O2/c1-20(2,3)17-11-18(26)25(14-21-17)12-15-6-9-24(10-7-15)13-16-5-8-22-23(4)19(16)27/h5,8,11,14-15H,6-7,9-10,12-13H2,1-4H3. The van der Waals surface area contributed by atoms with Gasteiger partial charge in [-0.1, -0.05) is 20.8 Å². The molecule has 0 aliphatic carbocycles. The van der Waals surface area contributed by atoms with Crippen LogP contribution in [0.3, 0.4) is 0 Å². The van der Waals surface area contributed by atoms with Gasteiger partial charge in [0.25, 0.3) is 11.1 Å². The quantitative estimate of drug-likeness (QED) is 0.815. The number of aryl methyl sites for hydroxylation is 1. The molecule has 3 rings (SSSR count). The first-order valence-corrected chi connectivity index (χ1v) is 9.54. The van der Waals surface area contributed by atoms with Gasteiger partial charge in [-0.05, 0) is 37.9 Å². The molecule has 2 aromatic rings. The number of nitrogens with zero attached hydrogens (tertiary/aromatic N) is 5. The van der Waals surface area contributed by atoms with Crippen LogP contribution in [0.5, 0.6) is 0 Å². The minimum absolute atomic E-state index is 0.0256. The van der Waals surface area contributed by atoms with Crippen molar-refractivity contribution in [2.75, 3.05) is 13.1 Å². The summed E-state index contributed by atoms with van der Waals surface area (Å²) in [5.41, 5.74) is 1.49. The third kappa shape index (κ3) is 4.71. The van der Waals surface area contributed by atoms with Crippen LogP contribution >= 0.6 is 0 Å². The second kappa shape index (κ2) is 7.76. The maximum atomic E-state index is 12.4. The van der Waals surface area contributed by atoms with Crippen LogP contribution in [0.15, 0.2) is 34.2 Å². The Balaban J connectivity index is 1.58. The molecule has 0 saturated carbocycles. The van der Waals surface area contributed by atoms with E-state index in [0.717, 1.165) is 37.2 Å². The van der Waals surface area contributed by atoms with Crippen LogP contribution in [0.2, 0.25) is 0 Å². The van der Waals surface area contributed by atoms with E-state index in [1.54, 1.807) is 36.3 Å². The summed E-state index contributed by atoms with van der Waals surface area (Å²) in [6, 6.07) is 3.46. The zero-order valence-electron chi connectivity index (χ0n) is 16.7. The van der Waals surface area contributed by atoms with Crippen molar-refractivity contribution in [3.8, 4) is 0 Å². The normalized spacial score (nSPS) is 16.6. The summed E-state index contributed by atoms with van der Waals surface area (Å²) in [5.74, 6) is 0.460. The molecule has 1 aliphatic heterocycles. The van der Waals surface area contributed by atoms with E-state index < -0.39 is 0 Å². The number of hydrogen-bond donors (Lipinski definition) is 0. The average molecular weight is 371 g/mol. The Morgan fingerprint density at radius 2 is 1.89 bits per heavy atom. The molecule has 0 unspecified atom stereocenters. The van der Waals surface area contributed by atoms with Gasteiger partial charge in [-0.25, -0.2) is 9.67 Å². The van der Waals surface area contributed by atoms with E-state index in [4.69, 9.17) is 0 Å². The van der Waals surface area contributed by atoms with Crippen molar-refractivity contribution >= 4 is 0 Å². The molecule has 0 aromatic carbocycles. The fraction of sp³-hybridized carbons (Fsp3) is 0.600. The Bertz CT molecular complexity index is 902. The first-order chi connectivity index (χ1) is 12.7. The topological polar surface area (TPSA) is 73.0 Å². The minimum Gasteiger partial charge on any atom is -0.299 e. The summed E-state index contributed by atoms with van der Waals surface area (Å²) < 4.78 is 3.11. The van der Waals surface area contributed by atoms with Gasteiger partial charge < -0.3 is 0 Å². The molecule has 7 heteroatoms. The Morgan fingerprint density at radius 1 is 1.19 bits per heavy atom. The Morgan fingerprint density at radius 3 is 2.52 bits per heavy atom. The van der Waals surface area contributed by atoms with E-state index in [9.17, 15) is 9.59 Å². The largest absolute Gasteiger partial charge is 0.299 e. The predicted octanol–water partition coefficient (Wildman–Crippen LogP) is 1.55. The zero-order chi connectivity index (χ0) is 19.6. The zero-order valence-corrected chi connectivity index (χ0v) is 16.7. The molecule has 1 aliphatic rings. The molecule has 0 atom stereocenters. The monoisotopic (exact) mass is 371 g/mol. The van der Waals surface area contributed by atoms with Crippen molar-refractivity contribution in [2.45, 2.75) is 52.1 Å². The summed E-state index contributed by atoms with van der Waals surface area (Å²) in [6.07, 6.45) is 5.39. The fourth-order valence-corrected chi connectivity index (χ4v) is 3.49. The van der Waals surface area contributed by atoms with Crippen LogP contribution in [0.1, 0.15) is 44.9 Å². The Kier molecular flexibility index (Phi) is 5.60. The highest BCUT2D eigenvalue weighted by atomic mass is 16.1. The molecule has 0 radical (unpaired) electrons. The highest BCUT2D eigenvalue weighted by Crippen LogP contribution is 2.21. The SMILES string of the molecule is Cn1nccc(CN2CCC(Cn3cnc(C(C)(C)C)cc3=O)CC2)c1=O. The van der Waals surface area contributed by atoms with Crippen molar-refractivity contribution in [3.05, 3.63) is 56.6 Å². The van der Waals surface area contributed by atoms with Crippen molar-refractivity contribution in [1.29, 1.82) is 0 Å². The molecule has 0 bridgehead atoms. The predicted molar refractivity (Wildman–Crippen MR) is 105 cm³/mol. The van der Waals surface area contributed by atoms with Crippen molar-refractivity contribution < 1.29 is 0 Å². The summed E-state index contributed by atoms with van der Waals surface area (Å²) in [5, 5.41) is 3.97. The van der Waals surface area contributed by atoms with E-state index >= 15 is 0 Å². The van der Waals surface area contributed by atoms with E-state index in [1.807, 2.05) is 0 Å². The summed E-state index contributed by atoms with van der Waals surface area (Å²) in [4.78, 5) is 31.3. The highest BCUT2D eigenvalue weighted by Gasteiger charge is 2.22. The van der Waals surface area contributed by atoms with Crippen LogP contribution < -0.4 is 11.1 Å². The van der Waals surface area contributed by atoms with Gasteiger partial charge in [-0.15, -0.1) is 0 Å². The lowest BCUT2D eigenvalue weighted by Gasteiger charge is -2.32. The lowest BCUT2D eigenvalue weighted by molar-refractivity contribution is 0.165. The third-order valence-corrected chi connectivity index (χ3v) is 5.29. The molecule has 1 fully saturated rings. The molecule has 2 aromatic heterocycles. The second-order valence-electron chi connectivity index (χ2n) is 8.52. The van der Waals surface area contributed by atoms with Crippen molar-refractivity contribution in [2.24, 2.45) is 13.0 Å². The molecule has 27 heavy (non-hydrogen) atoms. The maximum absolute atomic E-state index is 12.4. The molecule has 0 N–H and O–H groups in total. The Labute approximate surface area is 159 Å². The van der Waals surface area contributed by atoms with Gasteiger partial charge >= 0.3 is 0 Å². The number of piperidine rings is 1. The first kappa shape index (κ1) is 19.5. The van der Waals surface area contributed by atoms with Crippen LogP contribution in [-0.2, 0) is 25.6 Å². The van der Waals surface area contributed by atoms with E-state index in [1.165, 1.54) is 4.68 Å². The van der Waals surface area contributed by atoms with Gasteiger partial charge in [0.2, 0.25) is 0 Å². The average Bonchev–Trinajstić information content (AvgIpc) is 2.61. The first-order valence-electron chi connectivity index (χ1n) is 9.54. The molecule has 0 amide bonds. The molecule has 1 saturated heterocycles. The van der Waals surface area contributed by atoms with Gasteiger partial charge in [0.1, 0.15) is 0 Å². The summed E-state index contributed by atoms with van der Waals surface area (Å²) in [7, 11) is 1.68. The summed E-state index contributed by atoms with van der Waals surface area (Å²) in [6.45, 7) is 9.41. The highest BCUT2D eigenvalue weighted by molar-refractivity contribution is 5.10. The van der Waals surface area contributed by atoms with Crippen LogP contribution in [0.4, 0.5) is 0 Å².